The number of hydrogen-bond donors (Lipinski definition) is 0. The summed E-state index contributed by atoms with van der Waals surface area (Å²) < 4.78 is 0. The van der Waals surface area contributed by atoms with Crippen molar-refractivity contribution in [3.63, 3.8) is 0 Å². The maximum absolute atomic E-state index is 2.65. The van der Waals surface area contributed by atoms with Crippen molar-refractivity contribution in [2.45, 2.75) is 58.8 Å². The molecule has 1 unspecified atom stereocenters. The predicted molar refractivity (Wildman–Crippen MR) is 88.4 cm³/mol. The Labute approximate surface area is 125 Å². The van der Waals surface area contributed by atoms with E-state index in [1.807, 2.05) is 0 Å². The Morgan fingerprint density at radius 2 is 1.85 bits per heavy atom. The Bertz CT molecular complexity index is 412. The Morgan fingerprint density at radius 1 is 1.20 bits per heavy atom. The lowest BCUT2D eigenvalue weighted by Crippen LogP contribution is -2.25. The van der Waals surface area contributed by atoms with Crippen LogP contribution in [0.1, 0.15) is 64.5 Å². The molecule has 1 fully saturated rings. The lowest BCUT2D eigenvalue weighted by Gasteiger charge is -2.23. The van der Waals surface area contributed by atoms with Crippen LogP contribution in [0.5, 0.6) is 0 Å². The summed E-state index contributed by atoms with van der Waals surface area (Å²) in [7, 11) is 0. The third kappa shape index (κ3) is 3.85. The molecule has 0 radical (unpaired) electrons. The van der Waals surface area contributed by atoms with Gasteiger partial charge < -0.3 is 4.90 Å². The van der Waals surface area contributed by atoms with Crippen molar-refractivity contribution in [2.24, 2.45) is 5.92 Å². The first-order chi connectivity index (χ1) is 9.40. The molecular formula is C19H31N. The minimum atomic E-state index is 0.255. The van der Waals surface area contributed by atoms with Gasteiger partial charge in [-0.3, -0.25) is 0 Å². The fraction of sp³-hybridized carbons (Fsp3) is 0.684. The predicted octanol–water partition coefficient (Wildman–Crippen LogP) is 4.82. The van der Waals surface area contributed by atoms with Gasteiger partial charge in [0.25, 0.3) is 0 Å². The van der Waals surface area contributed by atoms with Crippen molar-refractivity contribution in [2.75, 3.05) is 19.6 Å². The molecule has 1 nitrogen and oxygen atoms in total. The third-order valence-electron chi connectivity index (χ3n) is 4.83. The Hall–Kier alpha value is -0.820. The van der Waals surface area contributed by atoms with E-state index in [1.165, 1.54) is 43.6 Å². The van der Waals surface area contributed by atoms with Gasteiger partial charge in [-0.15, -0.1) is 0 Å². The van der Waals surface area contributed by atoms with Crippen LogP contribution in [0, 0.1) is 5.92 Å². The van der Waals surface area contributed by atoms with E-state index in [0.29, 0.717) is 5.92 Å². The van der Waals surface area contributed by atoms with Gasteiger partial charge in [-0.2, -0.15) is 0 Å². The molecule has 1 aliphatic rings. The van der Waals surface area contributed by atoms with E-state index in [4.69, 9.17) is 0 Å². The van der Waals surface area contributed by atoms with Crippen LogP contribution in [0.2, 0.25) is 0 Å². The van der Waals surface area contributed by atoms with Crippen LogP contribution in [-0.4, -0.2) is 24.5 Å². The molecule has 0 bridgehead atoms. The van der Waals surface area contributed by atoms with Gasteiger partial charge in [-0.25, -0.2) is 0 Å². The van der Waals surface area contributed by atoms with E-state index in [9.17, 15) is 0 Å². The van der Waals surface area contributed by atoms with Gasteiger partial charge in [0.2, 0.25) is 0 Å². The van der Waals surface area contributed by atoms with Gasteiger partial charge in [0, 0.05) is 13.1 Å². The van der Waals surface area contributed by atoms with Crippen molar-refractivity contribution < 1.29 is 0 Å². The number of benzene rings is 1. The highest BCUT2D eigenvalue weighted by molar-refractivity contribution is 5.29. The zero-order chi connectivity index (χ0) is 14.8. The van der Waals surface area contributed by atoms with E-state index < -0.39 is 0 Å². The molecule has 112 valence electrons. The summed E-state index contributed by atoms with van der Waals surface area (Å²) >= 11 is 0. The standard InChI is InChI=1S/C19H31N/c1-6-16-11-12-20(14-16)13-15(2)17-7-9-18(10-8-17)19(3,4)5/h7-10,15-16H,6,11-14H2,1-5H3/t15?,16-/m1/s1. The molecule has 1 aromatic rings. The molecule has 0 aliphatic carbocycles. The van der Waals surface area contributed by atoms with E-state index in [-0.39, 0.29) is 5.41 Å². The molecule has 1 aliphatic heterocycles. The second-order valence-corrected chi connectivity index (χ2v) is 7.60. The number of hydrogen-bond acceptors (Lipinski definition) is 1. The van der Waals surface area contributed by atoms with Crippen LogP contribution in [0.25, 0.3) is 0 Å². The van der Waals surface area contributed by atoms with Crippen molar-refractivity contribution in [3.05, 3.63) is 35.4 Å². The topological polar surface area (TPSA) is 3.24 Å². The van der Waals surface area contributed by atoms with Crippen molar-refractivity contribution >= 4 is 0 Å². The van der Waals surface area contributed by atoms with Gasteiger partial charge in [0.1, 0.15) is 0 Å². The summed E-state index contributed by atoms with van der Waals surface area (Å²) in [6.45, 7) is 15.3. The Balaban J connectivity index is 1.94. The van der Waals surface area contributed by atoms with E-state index in [0.717, 1.165) is 5.92 Å². The highest BCUT2D eigenvalue weighted by atomic mass is 15.1. The summed E-state index contributed by atoms with van der Waals surface area (Å²) in [5, 5.41) is 0. The average molecular weight is 273 g/mol. The normalized spacial score (nSPS) is 22.1. The summed E-state index contributed by atoms with van der Waals surface area (Å²) in [5.41, 5.74) is 3.17. The quantitative estimate of drug-likeness (QED) is 0.760. The second kappa shape index (κ2) is 6.30. The molecule has 0 saturated carbocycles. The molecule has 1 heterocycles. The van der Waals surface area contributed by atoms with Gasteiger partial charge in [0.05, 0.1) is 0 Å². The molecule has 0 aromatic heterocycles. The van der Waals surface area contributed by atoms with Crippen LogP contribution in [0.15, 0.2) is 24.3 Å². The Kier molecular flexibility index (Phi) is 4.90. The first kappa shape index (κ1) is 15.6. The van der Waals surface area contributed by atoms with Gasteiger partial charge >= 0.3 is 0 Å². The van der Waals surface area contributed by atoms with Crippen LogP contribution in [-0.2, 0) is 5.41 Å². The lowest BCUT2D eigenvalue weighted by atomic mass is 9.85. The summed E-state index contributed by atoms with van der Waals surface area (Å²) in [6, 6.07) is 9.28. The maximum Gasteiger partial charge on any atom is 0.00477 e. The van der Waals surface area contributed by atoms with Crippen LogP contribution in [0.4, 0.5) is 0 Å². The largest absolute Gasteiger partial charge is 0.302 e. The number of rotatable bonds is 4. The molecule has 20 heavy (non-hydrogen) atoms. The molecule has 2 rings (SSSR count). The molecule has 1 saturated heterocycles. The van der Waals surface area contributed by atoms with E-state index in [1.54, 1.807) is 0 Å². The smallest absolute Gasteiger partial charge is 0.00477 e. The Morgan fingerprint density at radius 3 is 2.35 bits per heavy atom. The molecule has 2 atom stereocenters. The fourth-order valence-electron chi connectivity index (χ4n) is 3.22. The minimum Gasteiger partial charge on any atom is -0.302 e. The van der Waals surface area contributed by atoms with E-state index in [2.05, 4.69) is 63.8 Å². The van der Waals surface area contributed by atoms with Crippen molar-refractivity contribution in [1.82, 2.24) is 4.90 Å². The summed E-state index contributed by atoms with van der Waals surface area (Å²) in [5.74, 6) is 1.57. The molecule has 0 amide bonds. The third-order valence-corrected chi connectivity index (χ3v) is 4.83. The number of likely N-dealkylation sites (tertiary alicyclic amines) is 1. The summed E-state index contributed by atoms with van der Waals surface area (Å²) in [6.07, 6.45) is 2.73. The van der Waals surface area contributed by atoms with Crippen LogP contribution in [0.3, 0.4) is 0 Å². The second-order valence-electron chi connectivity index (χ2n) is 7.60. The highest BCUT2D eigenvalue weighted by Crippen LogP contribution is 2.26. The number of nitrogens with zero attached hydrogens (tertiary/aromatic N) is 1. The van der Waals surface area contributed by atoms with Crippen LogP contribution < -0.4 is 0 Å². The molecule has 1 heteroatoms. The zero-order valence-corrected chi connectivity index (χ0v) is 13.9. The first-order valence-corrected chi connectivity index (χ1v) is 8.23. The van der Waals surface area contributed by atoms with Gasteiger partial charge in [0.15, 0.2) is 0 Å². The zero-order valence-electron chi connectivity index (χ0n) is 13.9. The molecule has 0 spiro atoms. The monoisotopic (exact) mass is 273 g/mol. The first-order valence-electron chi connectivity index (χ1n) is 8.23. The van der Waals surface area contributed by atoms with Gasteiger partial charge in [-0.05, 0) is 41.3 Å². The average Bonchev–Trinajstić information content (AvgIpc) is 2.85. The molecule has 0 N–H and O–H groups in total. The lowest BCUT2D eigenvalue weighted by molar-refractivity contribution is 0.306. The van der Waals surface area contributed by atoms with Crippen molar-refractivity contribution in [1.29, 1.82) is 0 Å². The van der Waals surface area contributed by atoms with Crippen molar-refractivity contribution in [3.8, 4) is 0 Å². The highest BCUT2D eigenvalue weighted by Gasteiger charge is 2.22. The van der Waals surface area contributed by atoms with Gasteiger partial charge in [-0.1, -0.05) is 65.3 Å². The summed E-state index contributed by atoms with van der Waals surface area (Å²) in [4.78, 5) is 2.65. The van der Waals surface area contributed by atoms with Crippen LogP contribution >= 0.6 is 0 Å². The molecule has 1 aromatic carbocycles. The fourth-order valence-corrected chi connectivity index (χ4v) is 3.22. The minimum absolute atomic E-state index is 0.255. The van der Waals surface area contributed by atoms with E-state index >= 15 is 0 Å². The SMILES string of the molecule is CC[C@@H]1CCN(CC(C)c2ccc(C(C)(C)C)cc2)C1. The molecular weight excluding hydrogens is 242 g/mol. The maximum atomic E-state index is 2.65.